The van der Waals surface area contributed by atoms with E-state index in [0.29, 0.717) is 5.92 Å². The second-order valence-electron chi connectivity index (χ2n) is 5.75. The lowest BCUT2D eigenvalue weighted by atomic mass is 9.86. The molecule has 3 heteroatoms. The molecule has 3 nitrogen and oxygen atoms in total. The van der Waals surface area contributed by atoms with Crippen LogP contribution in [-0.4, -0.2) is 0 Å². The number of fused-ring (bicyclic) bond motifs is 1. The first-order valence-corrected chi connectivity index (χ1v) is 7.70. The molecule has 1 aliphatic carbocycles. The summed E-state index contributed by atoms with van der Waals surface area (Å²) in [6.45, 7) is 0. The quantitative estimate of drug-likeness (QED) is 0.632. The van der Waals surface area contributed by atoms with Crippen molar-refractivity contribution in [2.75, 3.05) is 0 Å². The van der Waals surface area contributed by atoms with Gasteiger partial charge in [0, 0.05) is 0 Å². The SMILES string of the molecule is c1cc2c(c(C3CCCCCCCCC3)c1)N=N[N]2. The predicted octanol–water partition coefficient (Wildman–Crippen LogP) is 5.54. The summed E-state index contributed by atoms with van der Waals surface area (Å²) in [6, 6.07) is 6.35. The Labute approximate surface area is 115 Å². The van der Waals surface area contributed by atoms with E-state index in [-0.39, 0.29) is 0 Å². The Morgan fingerprint density at radius 3 is 2.26 bits per heavy atom. The molecule has 19 heavy (non-hydrogen) atoms. The highest BCUT2D eigenvalue weighted by Gasteiger charge is 2.20. The molecule has 0 bridgehead atoms. The standard InChI is InChI=1S/C16H22N3/c1-2-4-6-9-13(10-7-5-3-1)14-11-8-12-15-16(14)18-19-17-15/h8,11-13H,1-7,9-10H2. The molecule has 1 fully saturated rings. The van der Waals surface area contributed by atoms with Crippen molar-refractivity contribution in [2.45, 2.75) is 63.7 Å². The Morgan fingerprint density at radius 2 is 1.53 bits per heavy atom. The molecule has 1 aromatic rings. The smallest absolute Gasteiger partial charge is 0.119 e. The summed E-state index contributed by atoms with van der Waals surface area (Å²) in [6.07, 6.45) is 12.3. The highest BCUT2D eigenvalue weighted by atomic mass is 15.5. The van der Waals surface area contributed by atoms with Gasteiger partial charge in [0.1, 0.15) is 11.4 Å². The van der Waals surface area contributed by atoms with Crippen molar-refractivity contribution < 1.29 is 0 Å². The Morgan fingerprint density at radius 1 is 0.842 bits per heavy atom. The average molecular weight is 256 g/mol. The highest BCUT2D eigenvalue weighted by Crippen LogP contribution is 2.41. The van der Waals surface area contributed by atoms with Gasteiger partial charge >= 0.3 is 0 Å². The van der Waals surface area contributed by atoms with E-state index in [9.17, 15) is 0 Å². The van der Waals surface area contributed by atoms with Crippen LogP contribution >= 0.6 is 0 Å². The van der Waals surface area contributed by atoms with Gasteiger partial charge in [0.05, 0.1) is 0 Å². The summed E-state index contributed by atoms with van der Waals surface area (Å²) in [7, 11) is 0. The second-order valence-corrected chi connectivity index (χ2v) is 5.75. The molecule has 101 valence electrons. The van der Waals surface area contributed by atoms with Crippen LogP contribution in [0.1, 0.15) is 69.3 Å². The molecule has 0 amide bonds. The Kier molecular flexibility index (Phi) is 4.11. The highest BCUT2D eigenvalue weighted by molar-refractivity contribution is 5.67. The fourth-order valence-electron chi connectivity index (χ4n) is 3.30. The molecule has 2 aliphatic rings. The lowest BCUT2D eigenvalue weighted by Gasteiger charge is -2.20. The zero-order valence-corrected chi connectivity index (χ0v) is 11.5. The van der Waals surface area contributed by atoms with Crippen LogP contribution in [0.4, 0.5) is 11.4 Å². The molecule has 0 unspecified atom stereocenters. The van der Waals surface area contributed by atoms with E-state index in [1.807, 2.05) is 6.07 Å². The van der Waals surface area contributed by atoms with Gasteiger partial charge in [0.25, 0.3) is 0 Å². The second kappa shape index (κ2) is 6.18. The predicted molar refractivity (Wildman–Crippen MR) is 77.0 cm³/mol. The molecule has 1 saturated carbocycles. The van der Waals surface area contributed by atoms with Crippen molar-refractivity contribution in [1.29, 1.82) is 0 Å². The molecule has 1 aromatic carbocycles. The van der Waals surface area contributed by atoms with Crippen LogP contribution in [0, 0.1) is 0 Å². The zero-order chi connectivity index (χ0) is 12.9. The largest absolute Gasteiger partial charge is 0.128 e. The van der Waals surface area contributed by atoms with Crippen LogP contribution in [0.25, 0.3) is 0 Å². The van der Waals surface area contributed by atoms with Crippen LogP contribution < -0.4 is 5.43 Å². The third-order valence-electron chi connectivity index (χ3n) is 4.39. The number of nitrogens with zero attached hydrogens (tertiary/aromatic N) is 3. The average Bonchev–Trinajstić information content (AvgIpc) is 2.93. The van der Waals surface area contributed by atoms with E-state index < -0.39 is 0 Å². The van der Waals surface area contributed by atoms with E-state index in [0.717, 1.165) is 11.4 Å². The Balaban J connectivity index is 1.78. The molecule has 0 spiro atoms. The molecular weight excluding hydrogens is 234 g/mol. The van der Waals surface area contributed by atoms with E-state index in [2.05, 4.69) is 27.9 Å². The maximum absolute atomic E-state index is 4.23. The molecule has 0 saturated heterocycles. The topological polar surface area (TPSA) is 38.8 Å². The Hall–Kier alpha value is -1.38. The molecule has 0 atom stereocenters. The van der Waals surface area contributed by atoms with Gasteiger partial charge in [-0.25, -0.2) is 0 Å². The summed E-state index contributed by atoms with van der Waals surface area (Å²) >= 11 is 0. The summed E-state index contributed by atoms with van der Waals surface area (Å²) in [5.74, 6) is 0.653. The summed E-state index contributed by atoms with van der Waals surface area (Å²) in [5.41, 5.74) is 7.45. The van der Waals surface area contributed by atoms with Crippen molar-refractivity contribution in [3.8, 4) is 0 Å². The van der Waals surface area contributed by atoms with Crippen molar-refractivity contribution in [3.05, 3.63) is 23.8 Å². The monoisotopic (exact) mass is 256 g/mol. The fraction of sp³-hybridized carbons (Fsp3) is 0.625. The molecule has 1 radical (unpaired) electrons. The van der Waals surface area contributed by atoms with Gasteiger partial charge in [0.15, 0.2) is 0 Å². The number of hydrogen-bond acceptors (Lipinski definition) is 2. The molecule has 1 aliphatic heterocycles. The van der Waals surface area contributed by atoms with Gasteiger partial charge < -0.3 is 0 Å². The van der Waals surface area contributed by atoms with E-state index in [1.165, 1.54) is 63.4 Å². The zero-order valence-electron chi connectivity index (χ0n) is 11.5. The van der Waals surface area contributed by atoms with Gasteiger partial charge in [-0.1, -0.05) is 57.1 Å². The van der Waals surface area contributed by atoms with Gasteiger partial charge in [-0.05, 0) is 35.6 Å². The van der Waals surface area contributed by atoms with Gasteiger partial charge in [0.2, 0.25) is 0 Å². The molecule has 3 rings (SSSR count). The third kappa shape index (κ3) is 2.96. The minimum absolute atomic E-state index is 0.653. The first kappa shape index (κ1) is 12.6. The van der Waals surface area contributed by atoms with Crippen molar-refractivity contribution in [1.82, 2.24) is 5.43 Å². The van der Waals surface area contributed by atoms with Crippen LogP contribution in [0.2, 0.25) is 0 Å². The summed E-state index contributed by atoms with van der Waals surface area (Å²) < 4.78 is 0. The van der Waals surface area contributed by atoms with Gasteiger partial charge in [-0.2, -0.15) is 0 Å². The lowest BCUT2D eigenvalue weighted by Crippen LogP contribution is -2.01. The van der Waals surface area contributed by atoms with Crippen LogP contribution in [0.5, 0.6) is 0 Å². The van der Waals surface area contributed by atoms with Crippen molar-refractivity contribution in [3.63, 3.8) is 0 Å². The Bertz CT molecular complexity index is 443. The van der Waals surface area contributed by atoms with Crippen molar-refractivity contribution >= 4 is 11.4 Å². The lowest BCUT2D eigenvalue weighted by molar-refractivity contribution is 0.463. The molecular formula is C16H22N3. The third-order valence-corrected chi connectivity index (χ3v) is 4.39. The molecule has 1 heterocycles. The summed E-state index contributed by atoms with van der Waals surface area (Å²) in [5, 5.41) is 8.06. The maximum Gasteiger partial charge on any atom is 0.119 e. The van der Waals surface area contributed by atoms with Gasteiger partial charge in [-0.15, -0.1) is 10.5 Å². The normalized spacial score (nSPS) is 20.8. The minimum Gasteiger partial charge on any atom is -0.128 e. The van der Waals surface area contributed by atoms with E-state index in [1.54, 1.807) is 0 Å². The van der Waals surface area contributed by atoms with Gasteiger partial charge in [-0.3, -0.25) is 0 Å². The number of benzene rings is 1. The van der Waals surface area contributed by atoms with E-state index in [4.69, 9.17) is 0 Å². The first-order valence-electron chi connectivity index (χ1n) is 7.70. The van der Waals surface area contributed by atoms with Crippen LogP contribution in [0.15, 0.2) is 28.5 Å². The van der Waals surface area contributed by atoms with E-state index >= 15 is 0 Å². The maximum atomic E-state index is 4.23. The number of hydrogen-bond donors (Lipinski definition) is 0. The first-order chi connectivity index (χ1) is 9.45. The van der Waals surface area contributed by atoms with Crippen LogP contribution in [-0.2, 0) is 0 Å². The van der Waals surface area contributed by atoms with Crippen molar-refractivity contribution in [2.24, 2.45) is 10.3 Å². The molecule has 0 N–H and O–H groups in total. The minimum atomic E-state index is 0.653. The fourth-order valence-corrected chi connectivity index (χ4v) is 3.30. The number of rotatable bonds is 1. The van der Waals surface area contributed by atoms with Crippen LogP contribution in [0.3, 0.4) is 0 Å². The summed E-state index contributed by atoms with van der Waals surface area (Å²) in [4.78, 5) is 0. The molecule has 0 aromatic heterocycles.